The van der Waals surface area contributed by atoms with Crippen LogP contribution in [0.5, 0.6) is 0 Å². The van der Waals surface area contributed by atoms with E-state index in [1.54, 1.807) is 0 Å². The zero-order valence-electron chi connectivity index (χ0n) is 34.3. The van der Waals surface area contributed by atoms with Crippen LogP contribution in [0.3, 0.4) is 0 Å². The second-order valence-electron chi connectivity index (χ2n) is 14.0. The first-order valence-electron chi connectivity index (χ1n) is 21.5. The summed E-state index contributed by atoms with van der Waals surface area (Å²) in [5.41, 5.74) is 0. The van der Waals surface area contributed by atoms with Gasteiger partial charge in [-0.2, -0.15) is 0 Å². The minimum absolute atomic E-state index is 0.0972. The summed E-state index contributed by atoms with van der Waals surface area (Å²) in [6, 6.07) is 0. The Morgan fingerprint density at radius 3 is 1.23 bits per heavy atom. The van der Waals surface area contributed by atoms with E-state index in [1.807, 2.05) is 36.5 Å². The molecule has 302 valence electrons. The van der Waals surface area contributed by atoms with Crippen molar-refractivity contribution in [3.8, 4) is 0 Å². The highest BCUT2D eigenvalue weighted by Crippen LogP contribution is 2.12. The number of carbonyl (C=O) groups excluding carboxylic acids is 3. The summed E-state index contributed by atoms with van der Waals surface area (Å²) in [7, 11) is 0. The fourth-order valence-corrected chi connectivity index (χ4v) is 5.47. The van der Waals surface area contributed by atoms with Gasteiger partial charge >= 0.3 is 17.9 Å². The highest BCUT2D eigenvalue weighted by Gasteiger charge is 2.19. The molecule has 0 bridgehead atoms. The van der Waals surface area contributed by atoms with Crippen LogP contribution in [0, 0.1) is 0 Å². The van der Waals surface area contributed by atoms with Crippen LogP contribution in [0.1, 0.15) is 188 Å². The topological polar surface area (TPSA) is 78.9 Å². The molecule has 1 unspecified atom stereocenters. The van der Waals surface area contributed by atoms with Crippen LogP contribution in [-0.2, 0) is 28.6 Å². The molecule has 0 saturated carbocycles. The molecule has 0 rings (SSSR count). The number of unbranched alkanes of at least 4 members (excludes halogenated alkanes) is 17. The summed E-state index contributed by atoms with van der Waals surface area (Å²) in [6.45, 7) is 6.34. The lowest BCUT2D eigenvalue weighted by atomic mass is 10.1. The van der Waals surface area contributed by atoms with Gasteiger partial charge in [0.25, 0.3) is 0 Å². The maximum atomic E-state index is 12.7. The maximum absolute atomic E-state index is 12.7. The molecule has 0 radical (unpaired) electrons. The van der Waals surface area contributed by atoms with E-state index in [1.165, 1.54) is 51.4 Å². The van der Waals surface area contributed by atoms with Gasteiger partial charge in [-0.05, 0) is 77.0 Å². The fourth-order valence-electron chi connectivity index (χ4n) is 5.47. The highest BCUT2D eigenvalue weighted by molar-refractivity contribution is 5.71. The van der Waals surface area contributed by atoms with Crippen molar-refractivity contribution < 1.29 is 28.6 Å². The Morgan fingerprint density at radius 1 is 0.396 bits per heavy atom. The second kappa shape index (κ2) is 41.6. The SMILES string of the molecule is CC\C=C/C=C\C=C/C=C\CCCCCC(=O)OCC(COC(=O)CCCCCCC/C=C\CCCC)OC(=O)CCCCCCC/C=C\CCCC. The quantitative estimate of drug-likeness (QED) is 0.0208. The molecular formula is C47H78O6. The predicted molar refractivity (Wildman–Crippen MR) is 224 cm³/mol. The van der Waals surface area contributed by atoms with E-state index in [4.69, 9.17) is 14.2 Å². The molecule has 6 heteroatoms. The van der Waals surface area contributed by atoms with Crippen molar-refractivity contribution in [2.75, 3.05) is 13.2 Å². The van der Waals surface area contributed by atoms with E-state index < -0.39 is 6.10 Å². The Bertz CT molecular complexity index is 1030. The molecule has 0 N–H and O–H groups in total. The fraction of sp³-hybridized carbons (Fsp3) is 0.681. The van der Waals surface area contributed by atoms with Gasteiger partial charge in [0.05, 0.1) is 0 Å². The normalized spacial score (nSPS) is 12.7. The van der Waals surface area contributed by atoms with Crippen molar-refractivity contribution in [2.45, 2.75) is 194 Å². The van der Waals surface area contributed by atoms with Gasteiger partial charge in [-0.1, -0.05) is 164 Å². The van der Waals surface area contributed by atoms with Crippen LogP contribution in [0.15, 0.2) is 72.9 Å². The number of allylic oxidation sites excluding steroid dienone is 12. The van der Waals surface area contributed by atoms with Gasteiger partial charge in [0.2, 0.25) is 0 Å². The second-order valence-corrected chi connectivity index (χ2v) is 14.0. The first-order valence-corrected chi connectivity index (χ1v) is 21.5. The zero-order chi connectivity index (χ0) is 38.7. The number of esters is 3. The van der Waals surface area contributed by atoms with Crippen LogP contribution in [0.4, 0.5) is 0 Å². The van der Waals surface area contributed by atoms with E-state index >= 15 is 0 Å². The number of ether oxygens (including phenoxy) is 3. The minimum Gasteiger partial charge on any atom is -0.462 e. The van der Waals surface area contributed by atoms with Crippen molar-refractivity contribution >= 4 is 17.9 Å². The van der Waals surface area contributed by atoms with Gasteiger partial charge in [0.15, 0.2) is 6.10 Å². The Balaban J connectivity index is 4.48. The smallest absolute Gasteiger partial charge is 0.306 e. The average molecular weight is 739 g/mol. The summed E-state index contributed by atoms with van der Waals surface area (Å²) in [4.78, 5) is 37.6. The molecule has 53 heavy (non-hydrogen) atoms. The van der Waals surface area contributed by atoms with E-state index in [2.05, 4.69) is 57.2 Å². The molecule has 0 aliphatic carbocycles. The molecule has 0 heterocycles. The van der Waals surface area contributed by atoms with Crippen molar-refractivity contribution in [1.29, 1.82) is 0 Å². The van der Waals surface area contributed by atoms with Crippen LogP contribution >= 0.6 is 0 Å². The molecule has 0 aliphatic heterocycles. The van der Waals surface area contributed by atoms with Gasteiger partial charge < -0.3 is 14.2 Å². The first kappa shape index (κ1) is 49.9. The van der Waals surface area contributed by atoms with Crippen molar-refractivity contribution in [1.82, 2.24) is 0 Å². The third kappa shape index (κ3) is 39.9. The standard InChI is InChI=1S/C47H78O6/c1-4-7-10-13-16-19-22-23-26-28-31-34-37-40-46(49)52-43-44(53-47(50)41-38-35-32-29-25-21-18-15-12-9-6-3)42-51-45(48)39-36-33-30-27-24-20-17-14-11-8-5-2/h7,10,13-19,22-23,26,44H,4-6,8-9,11-12,20-21,24-25,27-43H2,1-3H3/b10-7-,16-13-,17-14-,18-15-,22-19-,26-23-. The molecular weight excluding hydrogens is 661 g/mol. The molecule has 0 aromatic heterocycles. The van der Waals surface area contributed by atoms with Gasteiger partial charge in [-0.3, -0.25) is 14.4 Å². The third-order valence-corrected chi connectivity index (χ3v) is 8.76. The van der Waals surface area contributed by atoms with Crippen LogP contribution in [0.25, 0.3) is 0 Å². The summed E-state index contributed by atoms with van der Waals surface area (Å²) in [5.74, 6) is -0.966. The summed E-state index contributed by atoms with van der Waals surface area (Å²) in [5, 5.41) is 0. The zero-order valence-corrected chi connectivity index (χ0v) is 34.3. The number of hydrogen-bond acceptors (Lipinski definition) is 6. The Morgan fingerprint density at radius 2 is 0.755 bits per heavy atom. The predicted octanol–water partition coefficient (Wildman–Crippen LogP) is 13.5. The van der Waals surface area contributed by atoms with Crippen LogP contribution in [0.2, 0.25) is 0 Å². The van der Waals surface area contributed by atoms with E-state index in [0.717, 1.165) is 96.3 Å². The molecule has 0 aromatic carbocycles. The van der Waals surface area contributed by atoms with Gasteiger partial charge in [0.1, 0.15) is 13.2 Å². The van der Waals surface area contributed by atoms with E-state index in [-0.39, 0.29) is 31.1 Å². The third-order valence-electron chi connectivity index (χ3n) is 8.76. The molecule has 0 saturated heterocycles. The van der Waals surface area contributed by atoms with E-state index in [0.29, 0.717) is 19.3 Å². The first-order chi connectivity index (χ1) is 26.0. The number of rotatable bonds is 37. The largest absolute Gasteiger partial charge is 0.462 e. The molecule has 0 fully saturated rings. The highest BCUT2D eigenvalue weighted by atomic mass is 16.6. The average Bonchev–Trinajstić information content (AvgIpc) is 3.15. The monoisotopic (exact) mass is 739 g/mol. The maximum Gasteiger partial charge on any atom is 0.306 e. The molecule has 1 atom stereocenters. The van der Waals surface area contributed by atoms with Crippen LogP contribution < -0.4 is 0 Å². The Kier molecular flexibility index (Phi) is 39.1. The lowest BCUT2D eigenvalue weighted by molar-refractivity contribution is -0.167. The summed E-state index contributed by atoms with van der Waals surface area (Å²) in [6.07, 6.45) is 50.2. The summed E-state index contributed by atoms with van der Waals surface area (Å²) < 4.78 is 16.6. The number of carbonyl (C=O) groups is 3. The molecule has 0 spiro atoms. The Hall–Kier alpha value is -3.15. The van der Waals surface area contributed by atoms with E-state index in [9.17, 15) is 14.4 Å². The molecule has 0 aromatic rings. The molecule has 0 aliphatic rings. The van der Waals surface area contributed by atoms with Crippen molar-refractivity contribution in [3.05, 3.63) is 72.9 Å². The van der Waals surface area contributed by atoms with Gasteiger partial charge in [-0.25, -0.2) is 0 Å². The number of hydrogen-bond donors (Lipinski definition) is 0. The minimum atomic E-state index is -0.795. The van der Waals surface area contributed by atoms with Gasteiger partial charge in [0, 0.05) is 19.3 Å². The lowest BCUT2D eigenvalue weighted by Gasteiger charge is -2.18. The lowest BCUT2D eigenvalue weighted by Crippen LogP contribution is -2.30. The Labute approximate surface area is 325 Å². The molecule has 0 amide bonds. The van der Waals surface area contributed by atoms with Gasteiger partial charge in [-0.15, -0.1) is 0 Å². The van der Waals surface area contributed by atoms with Crippen molar-refractivity contribution in [3.63, 3.8) is 0 Å². The summed E-state index contributed by atoms with van der Waals surface area (Å²) >= 11 is 0. The molecule has 6 nitrogen and oxygen atoms in total. The van der Waals surface area contributed by atoms with Crippen molar-refractivity contribution in [2.24, 2.45) is 0 Å². The van der Waals surface area contributed by atoms with Crippen LogP contribution in [-0.4, -0.2) is 37.2 Å².